The minimum atomic E-state index is -0.0239. The van der Waals surface area contributed by atoms with Gasteiger partial charge in [-0.1, -0.05) is 70.1 Å². The normalized spacial score (nSPS) is 10.4. The van der Waals surface area contributed by atoms with Crippen LogP contribution in [-0.4, -0.2) is 19.6 Å². The van der Waals surface area contributed by atoms with Crippen molar-refractivity contribution in [3.8, 4) is 0 Å². The number of carbonyl (C=O) groups is 1. The van der Waals surface area contributed by atoms with E-state index in [9.17, 15) is 4.79 Å². The molecule has 1 rings (SSSR count). The molecule has 0 atom stereocenters. The number of urea groups is 1. The molecular formula is C18H30N2O. The molecule has 21 heavy (non-hydrogen) atoms. The van der Waals surface area contributed by atoms with Gasteiger partial charge in [-0.05, 0) is 18.6 Å². The predicted octanol–water partition coefficient (Wildman–Crippen LogP) is 4.97. The molecule has 1 aromatic carbocycles. The Labute approximate surface area is 129 Å². The highest BCUT2D eigenvalue weighted by molar-refractivity contribution is 5.91. The van der Waals surface area contributed by atoms with Gasteiger partial charge in [0.05, 0.1) is 0 Å². The summed E-state index contributed by atoms with van der Waals surface area (Å²) in [7, 11) is 1.80. The summed E-state index contributed by atoms with van der Waals surface area (Å²) in [6, 6.07) is 9.70. The zero-order valence-corrected chi connectivity index (χ0v) is 13.6. The number of amides is 2. The maximum Gasteiger partial charge on any atom is 0.321 e. The summed E-state index contributed by atoms with van der Waals surface area (Å²) in [5, 5.41) is 2.98. The highest BCUT2D eigenvalue weighted by atomic mass is 16.2. The number of nitrogens with zero attached hydrogens (tertiary/aromatic N) is 1. The monoisotopic (exact) mass is 290 g/mol. The van der Waals surface area contributed by atoms with Crippen LogP contribution >= 0.6 is 0 Å². The highest BCUT2D eigenvalue weighted by Gasteiger charge is 2.08. The van der Waals surface area contributed by atoms with Crippen LogP contribution in [0, 0.1) is 0 Å². The third-order valence-electron chi connectivity index (χ3n) is 3.75. The van der Waals surface area contributed by atoms with E-state index in [2.05, 4.69) is 12.2 Å². The van der Waals surface area contributed by atoms with Crippen LogP contribution in [0.2, 0.25) is 0 Å². The molecule has 0 unspecified atom stereocenters. The fourth-order valence-corrected chi connectivity index (χ4v) is 2.34. The number of benzene rings is 1. The van der Waals surface area contributed by atoms with Crippen molar-refractivity contribution < 1.29 is 4.79 Å². The Bertz CT molecular complexity index is 378. The Kier molecular flexibility index (Phi) is 9.34. The summed E-state index contributed by atoms with van der Waals surface area (Å²) in [4.78, 5) is 13.6. The van der Waals surface area contributed by atoms with E-state index in [4.69, 9.17) is 0 Å². The lowest BCUT2D eigenvalue weighted by Gasteiger charge is -2.17. The summed E-state index contributed by atoms with van der Waals surface area (Å²) in [5.41, 5.74) is 0.922. The standard InChI is InChI=1S/C18H30N2O/c1-3-4-5-6-7-8-9-13-16-19-18(21)20(2)17-14-11-10-12-15-17/h10-12,14-15H,3-9,13,16H2,1-2H3,(H,19,21). The number of para-hydroxylation sites is 1. The van der Waals surface area contributed by atoms with Gasteiger partial charge in [0.15, 0.2) is 0 Å². The lowest BCUT2D eigenvalue weighted by molar-refractivity contribution is 0.247. The number of unbranched alkanes of at least 4 members (excludes halogenated alkanes) is 7. The Morgan fingerprint density at radius 3 is 2.14 bits per heavy atom. The molecule has 0 aliphatic carbocycles. The molecule has 0 aliphatic rings. The first-order valence-electron chi connectivity index (χ1n) is 8.32. The van der Waals surface area contributed by atoms with Gasteiger partial charge in [-0.15, -0.1) is 0 Å². The molecule has 3 nitrogen and oxygen atoms in total. The Balaban J connectivity index is 2.03. The van der Waals surface area contributed by atoms with E-state index < -0.39 is 0 Å². The van der Waals surface area contributed by atoms with Crippen LogP contribution in [0.3, 0.4) is 0 Å². The minimum Gasteiger partial charge on any atom is -0.338 e. The summed E-state index contributed by atoms with van der Waals surface area (Å²) >= 11 is 0. The Morgan fingerprint density at radius 1 is 0.952 bits per heavy atom. The number of carbonyl (C=O) groups excluding carboxylic acids is 1. The van der Waals surface area contributed by atoms with Crippen LogP contribution in [0.1, 0.15) is 58.3 Å². The second-order valence-corrected chi connectivity index (χ2v) is 5.60. The number of nitrogens with one attached hydrogen (secondary N) is 1. The molecule has 0 aliphatic heterocycles. The van der Waals surface area contributed by atoms with Crippen molar-refractivity contribution in [3.63, 3.8) is 0 Å². The van der Waals surface area contributed by atoms with E-state index in [1.165, 1.54) is 44.9 Å². The van der Waals surface area contributed by atoms with Crippen LogP contribution in [0.4, 0.5) is 10.5 Å². The molecule has 0 heterocycles. The third-order valence-corrected chi connectivity index (χ3v) is 3.75. The first kappa shape index (κ1) is 17.5. The van der Waals surface area contributed by atoms with E-state index in [-0.39, 0.29) is 6.03 Å². The Morgan fingerprint density at radius 2 is 1.52 bits per heavy atom. The molecule has 0 fully saturated rings. The molecule has 0 aromatic heterocycles. The molecule has 1 aromatic rings. The predicted molar refractivity (Wildman–Crippen MR) is 90.9 cm³/mol. The summed E-state index contributed by atoms with van der Waals surface area (Å²) in [6.45, 7) is 3.01. The van der Waals surface area contributed by atoms with Gasteiger partial charge in [0, 0.05) is 19.3 Å². The van der Waals surface area contributed by atoms with Gasteiger partial charge in [-0.3, -0.25) is 4.90 Å². The fraction of sp³-hybridized carbons (Fsp3) is 0.611. The molecule has 0 saturated heterocycles. The van der Waals surface area contributed by atoms with Gasteiger partial charge < -0.3 is 5.32 Å². The van der Waals surface area contributed by atoms with Crippen LogP contribution < -0.4 is 10.2 Å². The molecule has 0 radical (unpaired) electrons. The second kappa shape index (κ2) is 11.2. The first-order valence-corrected chi connectivity index (χ1v) is 8.32. The smallest absolute Gasteiger partial charge is 0.321 e. The van der Waals surface area contributed by atoms with Crippen LogP contribution in [-0.2, 0) is 0 Å². The van der Waals surface area contributed by atoms with E-state index in [1.54, 1.807) is 11.9 Å². The van der Waals surface area contributed by atoms with Crippen molar-refractivity contribution in [2.75, 3.05) is 18.5 Å². The Hall–Kier alpha value is -1.51. The molecule has 2 amide bonds. The van der Waals surface area contributed by atoms with E-state index in [0.29, 0.717) is 0 Å². The van der Waals surface area contributed by atoms with Crippen LogP contribution in [0.5, 0.6) is 0 Å². The van der Waals surface area contributed by atoms with Crippen LogP contribution in [0.15, 0.2) is 30.3 Å². The lowest BCUT2D eigenvalue weighted by atomic mass is 10.1. The maximum absolute atomic E-state index is 12.0. The van der Waals surface area contributed by atoms with Gasteiger partial charge in [0.1, 0.15) is 0 Å². The quantitative estimate of drug-likeness (QED) is 0.606. The molecule has 118 valence electrons. The zero-order valence-electron chi connectivity index (χ0n) is 13.6. The molecule has 0 saturated carbocycles. The molecule has 0 bridgehead atoms. The number of rotatable bonds is 10. The minimum absolute atomic E-state index is 0.0239. The van der Waals surface area contributed by atoms with E-state index >= 15 is 0 Å². The third kappa shape index (κ3) is 7.74. The average molecular weight is 290 g/mol. The van der Waals surface area contributed by atoms with Crippen molar-refractivity contribution in [2.45, 2.75) is 58.3 Å². The molecule has 0 spiro atoms. The topological polar surface area (TPSA) is 32.3 Å². The fourth-order valence-electron chi connectivity index (χ4n) is 2.34. The van der Waals surface area contributed by atoms with Crippen molar-refractivity contribution in [3.05, 3.63) is 30.3 Å². The molecule has 1 N–H and O–H groups in total. The average Bonchev–Trinajstić information content (AvgIpc) is 2.53. The van der Waals surface area contributed by atoms with Gasteiger partial charge in [-0.2, -0.15) is 0 Å². The van der Waals surface area contributed by atoms with Crippen molar-refractivity contribution >= 4 is 11.7 Å². The molecule has 3 heteroatoms. The first-order chi connectivity index (χ1) is 10.3. The van der Waals surface area contributed by atoms with Gasteiger partial charge in [0.2, 0.25) is 0 Å². The maximum atomic E-state index is 12.0. The van der Waals surface area contributed by atoms with Crippen LogP contribution in [0.25, 0.3) is 0 Å². The van der Waals surface area contributed by atoms with Crippen molar-refractivity contribution in [1.82, 2.24) is 5.32 Å². The van der Waals surface area contributed by atoms with Crippen molar-refractivity contribution in [1.29, 1.82) is 0 Å². The van der Waals surface area contributed by atoms with E-state index in [1.807, 2.05) is 30.3 Å². The SMILES string of the molecule is CCCCCCCCCCNC(=O)N(C)c1ccccc1. The van der Waals surface area contributed by atoms with Gasteiger partial charge in [-0.25, -0.2) is 4.79 Å². The summed E-state index contributed by atoms with van der Waals surface area (Å²) in [5.74, 6) is 0. The second-order valence-electron chi connectivity index (χ2n) is 5.60. The lowest BCUT2D eigenvalue weighted by Crippen LogP contribution is -2.37. The highest BCUT2D eigenvalue weighted by Crippen LogP contribution is 2.11. The van der Waals surface area contributed by atoms with Gasteiger partial charge >= 0.3 is 6.03 Å². The summed E-state index contributed by atoms with van der Waals surface area (Å²) in [6.07, 6.45) is 10.3. The largest absolute Gasteiger partial charge is 0.338 e. The van der Waals surface area contributed by atoms with Gasteiger partial charge in [0.25, 0.3) is 0 Å². The molecular weight excluding hydrogens is 260 g/mol. The zero-order chi connectivity index (χ0) is 15.3. The number of anilines is 1. The van der Waals surface area contributed by atoms with E-state index in [0.717, 1.165) is 18.7 Å². The van der Waals surface area contributed by atoms with Crippen molar-refractivity contribution in [2.24, 2.45) is 0 Å². The number of hydrogen-bond acceptors (Lipinski definition) is 1. The number of hydrogen-bond donors (Lipinski definition) is 1. The summed E-state index contributed by atoms with van der Waals surface area (Å²) < 4.78 is 0.